The minimum atomic E-state index is -0.482. The summed E-state index contributed by atoms with van der Waals surface area (Å²) in [6.45, 7) is 3.36. The summed E-state index contributed by atoms with van der Waals surface area (Å²) in [4.78, 5) is 3.24. The first-order valence-corrected chi connectivity index (χ1v) is 2.22. The average Bonchev–Trinajstić information content (AvgIpc) is 1.83. The highest BCUT2D eigenvalue weighted by Crippen LogP contribution is 1.81. The molecule has 0 aromatic rings. The number of hydrogen-bond donors (Lipinski definition) is 0. The molecule has 1 nitrogen and oxygen atoms in total. The Morgan fingerprint density at radius 1 is 1.75 bits per heavy atom. The minimum Gasteiger partial charge on any atom is -0.261 e. The second-order valence-electron chi connectivity index (χ2n) is 1.14. The zero-order valence-electron chi connectivity index (χ0n) is 4.76. The second kappa shape index (κ2) is 4.24. The highest BCUT2D eigenvalue weighted by molar-refractivity contribution is 5.86. The molecule has 8 heavy (non-hydrogen) atoms. The number of allylic oxidation sites excluding steroid dienone is 3. The van der Waals surface area contributed by atoms with Gasteiger partial charge in [0.25, 0.3) is 0 Å². The first kappa shape index (κ1) is 7.08. The van der Waals surface area contributed by atoms with Gasteiger partial charge in [-0.15, -0.1) is 0 Å². The van der Waals surface area contributed by atoms with Crippen molar-refractivity contribution in [2.24, 2.45) is 4.99 Å². The molecule has 0 aliphatic carbocycles. The van der Waals surface area contributed by atoms with E-state index in [4.69, 9.17) is 0 Å². The molecule has 0 rings (SSSR count). The van der Waals surface area contributed by atoms with Gasteiger partial charge in [0.15, 0.2) is 0 Å². The molecule has 0 aliphatic heterocycles. The Bertz CT molecular complexity index is 124. The zero-order valence-corrected chi connectivity index (χ0v) is 4.76. The molecule has 0 saturated heterocycles. The maximum absolute atomic E-state index is 11.9. The summed E-state index contributed by atoms with van der Waals surface area (Å²) >= 11 is 0. The molecule has 0 spiro atoms. The Morgan fingerprint density at radius 2 is 2.38 bits per heavy atom. The van der Waals surface area contributed by atoms with Gasteiger partial charge in [-0.3, -0.25) is 4.99 Å². The van der Waals surface area contributed by atoms with E-state index in [0.29, 0.717) is 0 Å². The molecule has 0 atom stereocenters. The molecule has 0 heterocycles. The van der Waals surface area contributed by atoms with Crippen molar-refractivity contribution < 1.29 is 4.39 Å². The lowest BCUT2D eigenvalue weighted by Crippen LogP contribution is -1.77. The monoisotopic (exact) mass is 113 g/mol. The third kappa shape index (κ3) is 3.28. The van der Waals surface area contributed by atoms with Gasteiger partial charge in [-0.2, -0.15) is 4.39 Å². The van der Waals surface area contributed by atoms with Crippen LogP contribution < -0.4 is 0 Å². The SMILES string of the molecule is C=C/C=C\C(F)=N/C. The van der Waals surface area contributed by atoms with Crippen molar-refractivity contribution in [3.63, 3.8) is 0 Å². The molecule has 2 heteroatoms. The lowest BCUT2D eigenvalue weighted by molar-refractivity contribution is 0.809. The summed E-state index contributed by atoms with van der Waals surface area (Å²) in [5.41, 5.74) is 0. The van der Waals surface area contributed by atoms with Crippen molar-refractivity contribution in [2.45, 2.75) is 0 Å². The fraction of sp³-hybridized carbons (Fsp3) is 0.167. The van der Waals surface area contributed by atoms with Crippen molar-refractivity contribution in [1.29, 1.82) is 0 Å². The fourth-order valence-corrected chi connectivity index (χ4v) is 0.222. The van der Waals surface area contributed by atoms with Gasteiger partial charge in [-0.1, -0.05) is 18.7 Å². The standard InChI is InChI=1S/C6H8FN/c1-3-4-5-6(7)8-2/h3-5H,1H2,2H3/b5-4-,8-6+. The van der Waals surface area contributed by atoms with Crippen molar-refractivity contribution in [2.75, 3.05) is 7.05 Å². The van der Waals surface area contributed by atoms with Gasteiger partial charge < -0.3 is 0 Å². The van der Waals surface area contributed by atoms with Crippen molar-refractivity contribution in [3.8, 4) is 0 Å². The average molecular weight is 113 g/mol. The van der Waals surface area contributed by atoms with E-state index in [1.807, 2.05) is 0 Å². The third-order valence-corrected chi connectivity index (χ3v) is 0.583. The summed E-state index contributed by atoms with van der Waals surface area (Å²) in [7, 11) is 1.39. The lowest BCUT2D eigenvalue weighted by atomic mass is 10.5. The molecule has 0 aromatic carbocycles. The topological polar surface area (TPSA) is 12.4 Å². The number of aliphatic imine (C=N–C) groups is 1. The van der Waals surface area contributed by atoms with Gasteiger partial charge >= 0.3 is 0 Å². The van der Waals surface area contributed by atoms with Gasteiger partial charge in [0.1, 0.15) is 0 Å². The highest BCUT2D eigenvalue weighted by Gasteiger charge is 1.79. The first-order chi connectivity index (χ1) is 3.81. The smallest absolute Gasteiger partial charge is 0.208 e. The number of hydrogen-bond acceptors (Lipinski definition) is 1. The normalized spacial score (nSPS) is 12.5. The van der Waals surface area contributed by atoms with Crippen molar-refractivity contribution >= 4 is 5.97 Å². The molecular formula is C6H8FN. The van der Waals surface area contributed by atoms with E-state index in [1.54, 1.807) is 0 Å². The summed E-state index contributed by atoms with van der Waals surface area (Å²) in [6.07, 6.45) is 4.22. The third-order valence-electron chi connectivity index (χ3n) is 0.583. The molecule has 0 N–H and O–H groups in total. The maximum Gasteiger partial charge on any atom is 0.208 e. The van der Waals surface area contributed by atoms with E-state index in [-0.39, 0.29) is 0 Å². The molecule has 0 aliphatic rings. The van der Waals surface area contributed by atoms with E-state index in [0.717, 1.165) is 0 Å². The Hall–Kier alpha value is -0.920. The molecule has 0 radical (unpaired) electrons. The van der Waals surface area contributed by atoms with E-state index in [2.05, 4.69) is 11.6 Å². The summed E-state index contributed by atoms with van der Waals surface area (Å²) in [5.74, 6) is -0.482. The van der Waals surface area contributed by atoms with E-state index < -0.39 is 5.97 Å². The Kier molecular flexibility index (Phi) is 3.76. The Morgan fingerprint density at radius 3 is 2.75 bits per heavy atom. The summed E-state index contributed by atoms with van der Waals surface area (Å²) in [5, 5.41) is 0. The molecule has 44 valence electrons. The fourth-order valence-electron chi connectivity index (χ4n) is 0.222. The number of nitrogens with zero attached hydrogens (tertiary/aromatic N) is 1. The van der Waals surface area contributed by atoms with Crippen LogP contribution in [-0.4, -0.2) is 13.0 Å². The maximum atomic E-state index is 11.9. The van der Waals surface area contributed by atoms with Crippen molar-refractivity contribution in [1.82, 2.24) is 0 Å². The van der Waals surface area contributed by atoms with Gasteiger partial charge in [0, 0.05) is 7.05 Å². The molecular weight excluding hydrogens is 105 g/mol. The molecule has 0 unspecified atom stereocenters. The van der Waals surface area contributed by atoms with Gasteiger partial charge in [0.05, 0.1) is 0 Å². The van der Waals surface area contributed by atoms with Crippen LogP contribution in [0.5, 0.6) is 0 Å². The zero-order chi connectivity index (χ0) is 6.41. The van der Waals surface area contributed by atoms with Crippen LogP contribution in [0.15, 0.2) is 29.8 Å². The minimum absolute atomic E-state index is 0.482. The molecule has 0 bridgehead atoms. The number of halogens is 1. The van der Waals surface area contributed by atoms with Crippen LogP contribution in [-0.2, 0) is 0 Å². The number of rotatable bonds is 2. The van der Waals surface area contributed by atoms with Crippen LogP contribution in [0.25, 0.3) is 0 Å². The quantitative estimate of drug-likeness (QED) is 0.382. The van der Waals surface area contributed by atoms with Crippen LogP contribution in [0.4, 0.5) is 4.39 Å². The van der Waals surface area contributed by atoms with Crippen LogP contribution in [0.1, 0.15) is 0 Å². The van der Waals surface area contributed by atoms with Gasteiger partial charge in [0.2, 0.25) is 5.97 Å². The predicted octanol–water partition coefficient (Wildman–Crippen LogP) is 1.73. The van der Waals surface area contributed by atoms with Gasteiger partial charge in [-0.25, -0.2) is 0 Å². The van der Waals surface area contributed by atoms with Crippen molar-refractivity contribution in [3.05, 3.63) is 24.8 Å². The largest absolute Gasteiger partial charge is 0.261 e. The summed E-state index contributed by atoms with van der Waals surface area (Å²) < 4.78 is 11.9. The lowest BCUT2D eigenvalue weighted by Gasteiger charge is -1.76. The van der Waals surface area contributed by atoms with Crippen LogP contribution >= 0.6 is 0 Å². The molecule has 0 amide bonds. The Labute approximate surface area is 48.2 Å². The molecule has 0 saturated carbocycles. The first-order valence-electron chi connectivity index (χ1n) is 2.22. The van der Waals surface area contributed by atoms with E-state index >= 15 is 0 Å². The van der Waals surface area contributed by atoms with E-state index in [1.165, 1.54) is 25.3 Å². The molecule has 0 aromatic heterocycles. The highest BCUT2D eigenvalue weighted by atomic mass is 19.1. The summed E-state index contributed by atoms with van der Waals surface area (Å²) in [6, 6.07) is 0. The van der Waals surface area contributed by atoms with E-state index in [9.17, 15) is 4.39 Å². The van der Waals surface area contributed by atoms with Crippen LogP contribution in [0.2, 0.25) is 0 Å². The Balaban J connectivity index is 3.69. The predicted molar refractivity (Wildman–Crippen MR) is 33.8 cm³/mol. The molecule has 0 fully saturated rings. The van der Waals surface area contributed by atoms with Crippen LogP contribution in [0, 0.1) is 0 Å². The van der Waals surface area contributed by atoms with Gasteiger partial charge in [-0.05, 0) is 6.08 Å². The second-order valence-corrected chi connectivity index (χ2v) is 1.14. The van der Waals surface area contributed by atoms with Crippen LogP contribution in [0.3, 0.4) is 0 Å².